The second-order valence-electron chi connectivity index (χ2n) is 4.72. The largest absolute Gasteiger partial charge is 0.490 e. The lowest BCUT2D eigenvalue weighted by molar-refractivity contribution is -0.192. The molecule has 6 nitrogen and oxygen atoms in total. The van der Waals surface area contributed by atoms with Crippen molar-refractivity contribution < 1.29 is 27.9 Å². The van der Waals surface area contributed by atoms with Crippen molar-refractivity contribution in [3.63, 3.8) is 0 Å². The third-order valence-corrected chi connectivity index (χ3v) is 2.81. The first-order valence-electron chi connectivity index (χ1n) is 6.33. The normalized spacial score (nSPS) is 13.7. The molecule has 0 unspecified atom stereocenters. The van der Waals surface area contributed by atoms with E-state index in [0.717, 1.165) is 24.1 Å². The molecule has 0 radical (unpaired) electrons. The number of benzene rings is 1. The van der Waals surface area contributed by atoms with Gasteiger partial charge in [0.2, 0.25) is 0 Å². The highest BCUT2D eigenvalue weighted by Gasteiger charge is 2.38. The fraction of sp³-hybridized carbons (Fsp3) is 0.385. The molecule has 0 atom stereocenters. The van der Waals surface area contributed by atoms with Crippen molar-refractivity contribution in [2.24, 2.45) is 5.84 Å². The van der Waals surface area contributed by atoms with E-state index >= 15 is 0 Å². The summed E-state index contributed by atoms with van der Waals surface area (Å²) in [6.07, 6.45) is -2.89. The van der Waals surface area contributed by atoms with E-state index in [2.05, 4.69) is 10.7 Å². The van der Waals surface area contributed by atoms with E-state index in [1.165, 1.54) is 0 Å². The van der Waals surface area contributed by atoms with Gasteiger partial charge in [-0.3, -0.25) is 10.6 Å². The van der Waals surface area contributed by atoms with Crippen LogP contribution in [0.5, 0.6) is 0 Å². The number of halogens is 3. The van der Waals surface area contributed by atoms with Crippen molar-refractivity contribution in [3.05, 3.63) is 29.3 Å². The fourth-order valence-electron chi connectivity index (χ4n) is 1.42. The maximum absolute atomic E-state index is 11.7. The van der Waals surface area contributed by atoms with Gasteiger partial charge in [-0.25, -0.2) is 4.79 Å². The Labute approximate surface area is 124 Å². The number of carbonyl (C=O) groups is 2. The molecule has 0 heterocycles. The summed E-state index contributed by atoms with van der Waals surface area (Å²) in [7, 11) is 0. The van der Waals surface area contributed by atoms with Gasteiger partial charge in [-0.2, -0.15) is 13.2 Å². The SMILES string of the molecule is Cc1ccc(C(=O)NC2CC2)cc1NN.O=C(O)C(F)(F)F. The number of anilines is 1. The monoisotopic (exact) mass is 319 g/mol. The van der Waals surface area contributed by atoms with Crippen LogP contribution in [0.3, 0.4) is 0 Å². The second kappa shape index (κ2) is 7.12. The zero-order valence-electron chi connectivity index (χ0n) is 11.7. The summed E-state index contributed by atoms with van der Waals surface area (Å²) in [5, 5.41) is 10.1. The summed E-state index contributed by atoms with van der Waals surface area (Å²) in [6, 6.07) is 5.85. The van der Waals surface area contributed by atoms with E-state index in [0.29, 0.717) is 11.6 Å². The standard InChI is InChI=1S/C11H15N3O.C2HF3O2/c1-7-2-3-8(6-10(7)14-12)11(15)13-9-4-5-9;3-2(4,5)1(6)7/h2-3,6,9,14H,4-5,12H2,1H3,(H,13,15);(H,6,7). The Balaban J connectivity index is 0.000000295. The summed E-state index contributed by atoms with van der Waals surface area (Å²) in [4.78, 5) is 20.6. The van der Waals surface area contributed by atoms with E-state index < -0.39 is 12.1 Å². The maximum atomic E-state index is 11.7. The first-order chi connectivity index (χ1) is 10.1. The topological polar surface area (TPSA) is 104 Å². The average molecular weight is 319 g/mol. The highest BCUT2D eigenvalue weighted by molar-refractivity contribution is 5.95. The first-order valence-corrected chi connectivity index (χ1v) is 6.33. The molecule has 2 rings (SSSR count). The van der Waals surface area contributed by atoms with Crippen LogP contribution >= 0.6 is 0 Å². The number of aliphatic carboxylic acids is 1. The van der Waals surface area contributed by atoms with Crippen molar-refractivity contribution in [2.45, 2.75) is 32.0 Å². The quantitative estimate of drug-likeness (QED) is 0.502. The molecule has 22 heavy (non-hydrogen) atoms. The Hall–Kier alpha value is -2.29. The zero-order valence-corrected chi connectivity index (χ0v) is 11.7. The Morgan fingerprint density at radius 2 is 1.86 bits per heavy atom. The number of carboxylic acids is 1. The minimum Gasteiger partial charge on any atom is -0.475 e. The third kappa shape index (κ3) is 5.60. The number of amides is 1. The number of carboxylic acid groups (broad SMARTS) is 1. The van der Waals surface area contributed by atoms with E-state index in [1.54, 1.807) is 6.07 Å². The van der Waals surface area contributed by atoms with Crippen molar-refractivity contribution in [2.75, 3.05) is 5.43 Å². The predicted octanol–water partition coefficient (Wildman–Crippen LogP) is 1.81. The summed E-state index contributed by atoms with van der Waals surface area (Å²) in [5.41, 5.74) is 5.05. The molecule has 9 heteroatoms. The molecule has 0 bridgehead atoms. The number of nitrogens with two attached hydrogens (primary N) is 1. The van der Waals surface area contributed by atoms with Gasteiger partial charge in [0.15, 0.2) is 0 Å². The van der Waals surface area contributed by atoms with Crippen LogP contribution in [0, 0.1) is 6.92 Å². The number of aryl methyl sites for hydroxylation is 1. The molecule has 0 aliphatic heterocycles. The maximum Gasteiger partial charge on any atom is 0.490 e. The average Bonchev–Trinajstić information content (AvgIpc) is 3.22. The molecule has 1 aromatic rings. The molecule has 122 valence electrons. The lowest BCUT2D eigenvalue weighted by atomic mass is 10.1. The lowest BCUT2D eigenvalue weighted by Gasteiger charge is -2.08. The van der Waals surface area contributed by atoms with Gasteiger partial charge in [0.05, 0.1) is 5.69 Å². The van der Waals surface area contributed by atoms with Gasteiger partial charge >= 0.3 is 12.1 Å². The summed E-state index contributed by atoms with van der Waals surface area (Å²) >= 11 is 0. The molecule has 1 fully saturated rings. The molecule has 0 spiro atoms. The minimum atomic E-state index is -5.08. The van der Waals surface area contributed by atoms with Crippen LogP contribution in [0.1, 0.15) is 28.8 Å². The number of hydrazine groups is 1. The van der Waals surface area contributed by atoms with Gasteiger partial charge in [-0.1, -0.05) is 6.07 Å². The first kappa shape index (κ1) is 17.8. The Kier molecular flexibility index (Phi) is 5.75. The van der Waals surface area contributed by atoms with Gasteiger partial charge in [0, 0.05) is 11.6 Å². The Bertz CT molecular complexity index is 557. The molecule has 0 aromatic heterocycles. The van der Waals surface area contributed by atoms with Crippen LogP contribution in [0.15, 0.2) is 18.2 Å². The minimum absolute atomic E-state index is 0.0194. The molecule has 1 amide bonds. The molecule has 1 saturated carbocycles. The van der Waals surface area contributed by atoms with Crippen LogP contribution in [-0.2, 0) is 4.79 Å². The van der Waals surface area contributed by atoms with Crippen LogP contribution in [-0.4, -0.2) is 29.2 Å². The summed E-state index contributed by atoms with van der Waals surface area (Å²) in [5.74, 6) is 2.58. The second-order valence-corrected chi connectivity index (χ2v) is 4.72. The number of alkyl halides is 3. The number of carbonyl (C=O) groups excluding carboxylic acids is 1. The summed E-state index contributed by atoms with van der Waals surface area (Å²) < 4.78 is 31.7. The molecule has 1 aromatic carbocycles. The van der Waals surface area contributed by atoms with E-state index in [1.807, 2.05) is 19.1 Å². The van der Waals surface area contributed by atoms with Crippen LogP contribution in [0.4, 0.5) is 18.9 Å². The highest BCUT2D eigenvalue weighted by atomic mass is 19.4. The fourth-order valence-corrected chi connectivity index (χ4v) is 1.42. The highest BCUT2D eigenvalue weighted by Crippen LogP contribution is 2.20. The smallest absolute Gasteiger partial charge is 0.475 e. The van der Waals surface area contributed by atoms with E-state index in [-0.39, 0.29) is 5.91 Å². The predicted molar refractivity (Wildman–Crippen MR) is 73.2 cm³/mol. The van der Waals surface area contributed by atoms with E-state index in [4.69, 9.17) is 15.7 Å². The van der Waals surface area contributed by atoms with Crippen LogP contribution in [0.25, 0.3) is 0 Å². The van der Waals surface area contributed by atoms with Crippen molar-refractivity contribution in [1.29, 1.82) is 0 Å². The van der Waals surface area contributed by atoms with Crippen molar-refractivity contribution in [1.82, 2.24) is 5.32 Å². The zero-order chi connectivity index (χ0) is 16.9. The number of hydrogen-bond acceptors (Lipinski definition) is 4. The molecule has 5 N–H and O–H groups in total. The van der Waals surface area contributed by atoms with Crippen LogP contribution in [0.2, 0.25) is 0 Å². The molecule has 1 aliphatic carbocycles. The number of nitrogen functional groups attached to an aromatic ring is 1. The Morgan fingerprint density at radius 1 is 1.32 bits per heavy atom. The molecular formula is C13H16F3N3O3. The van der Waals surface area contributed by atoms with Gasteiger partial charge in [-0.05, 0) is 37.5 Å². The Morgan fingerprint density at radius 3 is 2.27 bits per heavy atom. The van der Waals surface area contributed by atoms with Crippen molar-refractivity contribution in [3.8, 4) is 0 Å². The van der Waals surface area contributed by atoms with Gasteiger partial charge in [-0.15, -0.1) is 0 Å². The number of rotatable bonds is 3. The lowest BCUT2D eigenvalue weighted by Crippen LogP contribution is -2.25. The van der Waals surface area contributed by atoms with Gasteiger partial charge < -0.3 is 15.8 Å². The number of nitrogens with one attached hydrogen (secondary N) is 2. The molecule has 0 saturated heterocycles. The van der Waals surface area contributed by atoms with Gasteiger partial charge in [0.1, 0.15) is 0 Å². The van der Waals surface area contributed by atoms with E-state index in [9.17, 15) is 18.0 Å². The van der Waals surface area contributed by atoms with Gasteiger partial charge in [0.25, 0.3) is 5.91 Å². The molecular weight excluding hydrogens is 303 g/mol. The summed E-state index contributed by atoms with van der Waals surface area (Å²) in [6.45, 7) is 1.94. The van der Waals surface area contributed by atoms with Crippen molar-refractivity contribution >= 4 is 17.6 Å². The molecule has 1 aliphatic rings. The number of hydrogen-bond donors (Lipinski definition) is 4. The van der Waals surface area contributed by atoms with Crippen LogP contribution < -0.4 is 16.6 Å². The third-order valence-electron chi connectivity index (χ3n) is 2.81.